The second-order valence-corrected chi connectivity index (χ2v) is 8.34. The summed E-state index contributed by atoms with van der Waals surface area (Å²) >= 11 is 0. The van der Waals surface area contributed by atoms with Crippen LogP contribution in [0.2, 0.25) is 0 Å². The van der Waals surface area contributed by atoms with Crippen LogP contribution in [-0.2, 0) is 17.1 Å². The number of benzene rings is 2. The van der Waals surface area contributed by atoms with Gasteiger partial charge >= 0.3 is 0 Å². The Bertz CT molecular complexity index is 1350. The van der Waals surface area contributed by atoms with Crippen molar-refractivity contribution < 1.29 is 8.42 Å². The highest BCUT2D eigenvalue weighted by atomic mass is 32.2. The van der Waals surface area contributed by atoms with E-state index in [1.807, 2.05) is 48.8 Å². The van der Waals surface area contributed by atoms with Gasteiger partial charge in [-0.1, -0.05) is 6.07 Å². The Balaban J connectivity index is 1.62. The van der Waals surface area contributed by atoms with Gasteiger partial charge in [0.05, 0.1) is 10.4 Å². The summed E-state index contributed by atoms with van der Waals surface area (Å²) in [6.07, 6.45) is 1.38. The van der Waals surface area contributed by atoms with Crippen LogP contribution in [-0.4, -0.2) is 40.2 Å². The first-order valence-electron chi connectivity index (χ1n) is 8.98. The van der Waals surface area contributed by atoms with Crippen LogP contribution < -0.4 is 15.4 Å². The lowest BCUT2D eigenvalue weighted by atomic mass is 10.2. The summed E-state index contributed by atoms with van der Waals surface area (Å²) in [6.45, 7) is 2.02. The minimum absolute atomic E-state index is 0.00199. The van der Waals surface area contributed by atoms with Crippen molar-refractivity contribution in [3.8, 4) is 0 Å². The average Bonchev–Trinajstić information content (AvgIpc) is 3.00. The van der Waals surface area contributed by atoms with Crippen LogP contribution in [0.3, 0.4) is 0 Å². The number of anilines is 4. The molecule has 0 amide bonds. The Hall–Kier alpha value is -3.57. The number of nitrogens with two attached hydrogens (primary N) is 1. The molecule has 0 saturated carbocycles. The molecule has 0 aliphatic carbocycles. The zero-order valence-corrected chi connectivity index (χ0v) is 17.4. The van der Waals surface area contributed by atoms with E-state index in [4.69, 9.17) is 5.14 Å². The maximum absolute atomic E-state index is 11.5. The summed E-state index contributed by atoms with van der Waals surface area (Å²) in [5.41, 5.74) is 3.33. The number of rotatable bonds is 5. The Morgan fingerprint density at radius 3 is 2.70 bits per heavy atom. The molecule has 0 aliphatic rings. The number of primary sulfonamides is 1. The number of hydrogen-bond donors (Lipinski definition) is 2. The molecule has 0 atom stereocenters. The molecule has 3 N–H and O–H groups in total. The first-order chi connectivity index (χ1) is 14.2. The van der Waals surface area contributed by atoms with E-state index < -0.39 is 10.0 Å². The first-order valence-corrected chi connectivity index (χ1v) is 10.5. The number of aromatic nitrogens is 5. The molecule has 0 aliphatic heterocycles. The van der Waals surface area contributed by atoms with Gasteiger partial charge in [-0.2, -0.15) is 10.1 Å². The molecule has 0 unspecified atom stereocenters. The van der Waals surface area contributed by atoms with Crippen molar-refractivity contribution in [1.82, 2.24) is 24.7 Å². The quantitative estimate of drug-likeness (QED) is 0.498. The van der Waals surface area contributed by atoms with Crippen molar-refractivity contribution >= 4 is 44.2 Å². The van der Waals surface area contributed by atoms with E-state index >= 15 is 0 Å². The lowest BCUT2D eigenvalue weighted by Crippen LogP contribution is -2.14. The molecule has 0 saturated heterocycles. The second-order valence-electron chi connectivity index (χ2n) is 6.78. The van der Waals surface area contributed by atoms with Gasteiger partial charge in [0, 0.05) is 36.6 Å². The van der Waals surface area contributed by atoms with E-state index in [1.165, 1.54) is 18.5 Å². The molecule has 2 heterocycles. The maximum atomic E-state index is 11.5. The van der Waals surface area contributed by atoms with Crippen LogP contribution >= 0.6 is 0 Å². The van der Waals surface area contributed by atoms with Crippen LogP contribution in [0.5, 0.6) is 0 Å². The van der Waals surface area contributed by atoms with Gasteiger partial charge in [-0.25, -0.2) is 23.5 Å². The Kier molecular flexibility index (Phi) is 4.84. The second kappa shape index (κ2) is 7.35. The van der Waals surface area contributed by atoms with Gasteiger partial charge in [-0.05, 0) is 43.3 Å². The standard InChI is InChI=1S/C19H20N8O2S/c1-12-16-8-7-14(10-17(16)25-27(12)3)26(2)19-22-11-21-18(24-19)23-13-5-4-6-15(9-13)30(20,28)29/h4-11H,1-3H3,(H2,20,28,29)(H,21,22,23,24). The highest BCUT2D eigenvalue weighted by Gasteiger charge is 2.13. The molecule has 0 radical (unpaired) electrons. The molecule has 154 valence electrons. The zero-order valence-electron chi connectivity index (χ0n) is 16.6. The van der Waals surface area contributed by atoms with Gasteiger partial charge in [0.15, 0.2) is 0 Å². The van der Waals surface area contributed by atoms with Gasteiger partial charge in [-0.15, -0.1) is 0 Å². The molecule has 2 aromatic carbocycles. The van der Waals surface area contributed by atoms with Gasteiger partial charge in [0.2, 0.25) is 21.9 Å². The molecule has 4 aromatic rings. The van der Waals surface area contributed by atoms with Gasteiger partial charge in [0.1, 0.15) is 6.33 Å². The topological polar surface area (TPSA) is 132 Å². The third kappa shape index (κ3) is 3.80. The Morgan fingerprint density at radius 2 is 1.93 bits per heavy atom. The number of sulfonamides is 1. The van der Waals surface area contributed by atoms with E-state index in [2.05, 4.69) is 25.4 Å². The molecule has 0 fully saturated rings. The predicted molar refractivity (Wildman–Crippen MR) is 114 cm³/mol. The smallest absolute Gasteiger partial charge is 0.238 e. The fourth-order valence-corrected chi connectivity index (χ4v) is 3.59. The van der Waals surface area contributed by atoms with E-state index in [0.29, 0.717) is 11.6 Å². The van der Waals surface area contributed by atoms with E-state index in [9.17, 15) is 8.42 Å². The van der Waals surface area contributed by atoms with Crippen molar-refractivity contribution in [2.45, 2.75) is 11.8 Å². The number of hydrogen-bond acceptors (Lipinski definition) is 8. The summed E-state index contributed by atoms with van der Waals surface area (Å²) < 4.78 is 24.9. The fraction of sp³-hybridized carbons (Fsp3) is 0.158. The van der Waals surface area contributed by atoms with E-state index in [0.717, 1.165) is 22.3 Å². The van der Waals surface area contributed by atoms with E-state index in [1.54, 1.807) is 12.1 Å². The normalized spacial score (nSPS) is 11.6. The minimum Gasteiger partial charge on any atom is -0.324 e. The van der Waals surface area contributed by atoms with Gasteiger partial charge < -0.3 is 10.2 Å². The molecule has 2 aromatic heterocycles. The number of aryl methyl sites for hydroxylation is 2. The third-order valence-electron chi connectivity index (χ3n) is 4.78. The SMILES string of the molecule is Cc1c2ccc(N(C)c3ncnc(Nc4cccc(S(N)(=O)=O)c4)n3)cc2nn1C. The molecule has 0 spiro atoms. The summed E-state index contributed by atoms with van der Waals surface area (Å²) in [7, 11) is -0.0485. The summed E-state index contributed by atoms with van der Waals surface area (Å²) in [5.74, 6) is 0.690. The molecule has 4 rings (SSSR count). The van der Waals surface area contributed by atoms with E-state index in [-0.39, 0.29) is 10.8 Å². The summed E-state index contributed by atoms with van der Waals surface area (Å²) in [5, 5.41) is 13.8. The predicted octanol–water partition coefficient (Wildman–Crippen LogP) is 2.23. The van der Waals surface area contributed by atoms with Crippen LogP contribution in [0, 0.1) is 6.92 Å². The van der Waals surface area contributed by atoms with Crippen molar-refractivity contribution in [2.75, 3.05) is 17.3 Å². The van der Waals surface area contributed by atoms with Gasteiger partial charge in [-0.3, -0.25) is 4.68 Å². The number of nitrogens with one attached hydrogen (secondary N) is 1. The average molecular weight is 424 g/mol. The zero-order chi connectivity index (χ0) is 21.5. The van der Waals surface area contributed by atoms with Crippen LogP contribution in [0.25, 0.3) is 10.9 Å². The monoisotopic (exact) mass is 424 g/mol. The van der Waals surface area contributed by atoms with Crippen LogP contribution in [0.1, 0.15) is 5.69 Å². The van der Waals surface area contributed by atoms with Crippen molar-refractivity contribution in [2.24, 2.45) is 12.2 Å². The number of fused-ring (bicyclic) bond motifs is 1. The summed E-state index contributed by atoms with van der Waals surface area (Å²) in [4.78, 5) is 14.6. The fourth-order valence-electron chi connectivity index (χ4n) is 3.03. The molecular formula is C19H20N8O2S. The Morgan fingerprint density at radius 1 is 1.13 bits per heavy atom. The maximum Gasteiger partial charge on any atom is 0.238 e. The lowest BCUT2D eigenvalue weighted by molar-refractivity contribution is 0.598. The molecule has 0 bridgehead atoms. The van der Waals surface area contributed by atoms with Crippen LogP contribution in [0.15, 0.2) is 53.7 Å². The molecule has 30 heavy (non-hydrogen) atoms. The third-order valence-corrected chi connectivity index (χ3v) is 5.69. The van der Waals surface area contributed by atoms with Crippen molar-refractivity contribution in [3.63, 3.8) is 0 Å². The number of nitrogens with zero attached hydrogens (tertiary/aromatic N) is 6. The van der Waals surface area contributed by atoms with Gasteiger partial charge in [0.25, 0.3) is 0 Å². The lowest BCUT2D eigenvalue weighted by Gasteiger charge is -2.17. The highest BCUT2D eigenvalue weighted by Crippen LogP contribution is 2.26. The molecule has 10 nitrogen and oxygen atoms in total. The minimum atomic E-state index is -3.80. The Labute approximate surface area is 173 Å². The molecule has 11 heteroatoms. The van der Waals surface area contributed by atoms with Crippen molar-refractivity contribution in [1.29, 1.82) is 0 Å². The van der Waals surface area contributed by atoms with Crippen LogP contribution in [0.4, 0.5) is 23.3 Å². The highest BCUT2D eigenvalue weighted by molar-refractivity contribution is 7.89. The summed E-state index contributed by atoms with van der Waals surface area (Å²) in [6, 6.07) is 12.1. The molecular weight excluding hydrogens is 404 g/mol. The first kappa shape index (κ1) is 19.7. The largest absolute Gasteiger partial charge is 0.324 e. The van der Waals surface area contributed by atoms with Crippen molar-refractivity contribution in [3.05, 3.63) is 54.5 Å².